The highest BCUT2D eigenvalue weighted by Gasteiger charge is 2.30. The fourth-order valence-corrected chi connectivity index (χ4v) is 5.91. The molecular formula is C43H30N4O. The summed E-state index contributed by atoms with van der Waals surface area (Å²) in [6, 6.07) is 51.5. The molecule has 48 heavy (non-hydrogen) atoms. The highest BCUT2D eigenvalue weighted by atomic mass is 16.5. The molecule has 5 nitrogen and oxygen atoms in total. The first-order chi connectivity index (χ1) is 23.7. The van der Waals surface area contributed by atoms with E-state index in [1.54, 1.807) is 12.2 Å². The van der Waals surface area contributed by atoms with Crippen LogP contribution in [-0.2, 0) is 4.74 Å². The lowest BCUT2D eigenvalue weighted by Gasteiger charge is -2.24. The third-order valence-corrected chi connectivity index (χ3v) is 8.40. The van der Waals surface area contributed by atoms with E-state index in [9.17, 15) is 10.5 Å². The number of allylic oxidation sites excluding steroid dienone is 5. The fraction of sp³-hybridized carbons (Fsp3) is 0.0465. The molecule has 1 atom stereocenters. The van der Waals surface area contributed by atoms with Crippen molar-refractivity contribution < 1.29 is 4.74 Å². The molecule has 1 unspecified atom stereocenters. The van der Waals surface area contributed by atoms with E-state index in [1.165, 1.54) is 16.7 Å². The van der Waals surface area contributed by atoms with Crippen molar-refractivity contribution in [3.8, 4) is 23.3 Å². The van der Waals surface area contributed by atoms with Gasteiger partial charge in [-0.3, -0.25) is 5.01 Å². The molecule has 0 aromatic heterocycles. The second-order valence-electron chi connectivity index (χ2n) is 11.5. The maximum Gasteiger partial charge on any atom is 0.137 e. The van der Waals surface area contributed by atoms with E-state index in [1.807, 2.05) is 66.8 Å². The van der Waals surface area contributed by atoms with E-state index >= 15 is 0 Å². The number of ether oxygens (including phenoxy) is 1. The number of hydrogen-bond donors (Lipinski definition) is 0. The SMILES string of the molecule is N#CC(C#N)=C1C=C(C=Cc2ccc(N3N=C(c4ccccc4)CC3c3ccc(-c4ccccc4)cc3)cc2)OC(c2ccccc2)=C1. The van der Waals surface area contributed by atoms with Crippen molar-refractivity contribution in [2.75, 3.05) is 5.01 Å². The Bertz CT molecular complexity index is 2150. The Hall–Kier alpha value is -6.69. The van der Waals surface area contributed by atoms with Crippen LogP contribution in [0.25, 0.3) is 23.0 Å². The van der Waals surface area contributed by atoms with Crippen LogP contribution in [0.5, 0.6) is 0 Å². The van der Waals surface area contributed by atoms with Gasteiger partial charge in [-0.05, 0) is 58.2 Å². The van der Waals surface area contributed by atoms with Gasteiger partial charge in [-0.2, -0.15) is 15.6 Å². The molecule has 5 heteroatoms. The Morgan fingerprint density at radius 1 is 0.646 bits per heavy atom. The molecule has 0 aliphatic carbocycles. The number of nitriles is 2. The molecule has 0 amide bonds. The van der Waals surface area contributed by atoms with Gasteiger partial charge >= 0.3 is 0 Å². The van der Waals surface area contributed by atoms with E-state index in [2.05, 4.69) is 102 Å². The van der Waals surface area contributed by atoms with Crippen molar-refractivity contribution in [2.24, 2.45) is 5.10 Å². The van der Waals surface area contributed by atoms with Crippen molar-refractivity contribution >= 4 is 23.2 Å². The van der Waals surface area contributed by atoms with Gasteiger partial charge in [-0.1, -0.05) is 133 Å². The molecule has 2 aliphatic rings. The number of nitrogens with zero attached hydrogens (tertiary/aromatic N) is 4. The fourth-order valence-electron chi connectivity index (χ4n) is 5.91. The van der Waals surface area contributed by atoms with Crippen LogP contribution < -0.4 is 5.01 Å². The third-order valence-electron chi connectivity index (χ3n) is 8.40. The van der Waals surface area contributed by atoms with E-state index < -0.39 is 0 Å². The van der Waals surface area contributed by atoms with Crippen LogP contribution in [0.3, 0.4) is 0 Å². The van der Waals surface area contributed by atoms with Gasteiger partial charge in [0, 0.05) is 17.6 Å². The highest BCUT2D eigenvalue weighted by Crippen LogP contribution is 2.38. The molecule has 5 aromatic rings. The predicted molar refractivity (Wildman–Crippen MR) is 192 cm³/mol. The Balaban J connectivity index is 1.15. The van der Waals surface area contributed by atoms with Crippen LogP contribution in [0, 0.1) is 22.7 Å². The minimum Gasteiger partial charge on any atom is -0.457 e. The van der Waals surface area contributed by atoms with Gasteiger partial charge in [0.05, 0.1) is 17.4 Å². The summed E-state index contributed by atoms with van der Waals surface area (Å²) >= 11 is 0. The number of benzene rings is 5. The molecule has 0 N–H and O–H groups in total. The number of hydrogen-bond acceptors (Lipinski definition) is 5. The monoisotopic (exact) mass is 618 g/mol. The number of hydrazone groups is 1. The Labute approximate surface area is 280 Å². The minimum atomic E-state index is 0.0345. The van der Waals surface area contributed by atoms with Crippen LogP contribution in [0.2, 0.25) is 0 Å². The summed E-state index contributed by atoms with van der Waals surface area (Å²) in [6.45, 7) is 0. The van der Waals surface area contributed by atoms with Crippen LogP contribution in [-0.4, -0.2) is 5.71 Å². The molecular weight excluding hydrogens is 589 g/mol. The van der Waals surface area contributed by atoms with Crippen molar-refractivity contribution in [1.29, 1.82) is 10.5 Å². The molecule has 0 saturated carbocycles. The first-order valence-corrected chi connectivity index (χ1v) is 15.8. The van der Waals surface area contributed by atoms with Crippen LogP contribution in [0.4, 0.5) is 5.69 Å². The maximum atomic E-state index is 9.52. The predicted octanol–water partition coefficient (Wildman–Crippen LogP) is 10.0. The van der Waals surface area contributed by atoms with E-state index in [-0.39, 0.29) is 11.6 Å². The molecule has 0 radical (unpaired) electrons. The second kappa shape index (κ2) is 13.7. The summed E-state index contributed by atoms with van der Waals surface area (Å²) in [5.41, 5.74) is 9.15. The zero-order valence-electron chi connectivity index (χ0n) is 26.1. The summed E-state index contributed by atoms with van der Waals surface area (Å²) in [6.07, 6.45) is 8.06. The lowest BCUT2D eigenvalue weighted by atomic mass is 9.96. The topological polar surface area (TPSA) is 72.4 Å². The third kappa shape index (κ3) is 6.49. The quantitative estimate of drug-likeness (QED) is 0.170. The smallest absolute Gasteiger partial charge is 0.137 e. The molecule has 5 aromatic carbocycles. The number of rotatable bonds is 7. The standard InChI is InChI=1S/C43H30N4O/c44-29-38(30-45)37-26-40(48-43(27-37)36-14-8-3-9-15-36)25-18-31-16-23-39(24-17-31)47-42(28-41(46-47)34-12-6-2-7-13-34)35-21-19-33(20-22-35)32-10-4-1-5-11-32/h1-27,42H,28H2. The molecule has 2 aliphatic heterocycles. The maximum absolute atomic E-state index is 9.52. The van der Waals surface area contributed by atoms with Gasteiger partial charge in [-0.15, -0.1) is 0 Å². The van der Waals surface area contributed by atoms with Crippen LogP contribution in [0.15, 0.2) is 180 Å². The zero-order valence-corrected chi connectivity index (χ0v) is 26.1. The lowest BCUT2D eigenvalue weighted by molar-refractivity contribution is 0.396. The average molecular weight is 619 g/mol. The van der Waals surface area contributed by atoms with Gasteiger partial charge in [0.1, 0.15) is 29.2 Å². The van der Waals surface area contributed by atoms with Crippen molar-refractivity contribution in [3.05, 3.63) is 197 Å². The van der Waals surface area contributed by atoms with Crippen molar-refractivity contribution in [3.63, 3.8) is 0 Å². The molecule has 7 rings (SSSR count). The van der Waals surface area contributed by atoms with Gasteiger partial charge < -0.3 is 4.74 Å². The zero-order chi connectivity index (χ0) is 32.7. The minimum absolute atomic E-state index is 0.0345. The van der Waals surface area contributed by atoms with Gasteiger partial charge in [0.15, 0.2) is 0 Å². The Morgan fingerprint density at radius 3 is 1.85 bits per heavy atom. The Kier molecular flexibility index (Phi) is 8.59. The summed E-state index contributed by atoms with van der Waals surface area (Å²) < 4.78 is 6.18. The van der Waals surface area contributed by atoms with Crippen molar-refractivity contribution in [1.82, 2.24) is 0 Å². The van der Waals surface area contributed by atoms with Gasteiger partial charge in [-0.25, -0.2) is 0 Å². The molecule has 228 valence electrons. The van der Waals surface area contributed by atoms with E-state index in [4.69, 9.17) is 9.84 Å². The summed E-state index contributed by atoms with van der Waals surface area (Å²) in [7, 11) is 0. The largest absolute Gasteiger partial charge is 0.457 e. The molecule has 0 saturated heterocycles. The molecule has 0 spiro atoms. The van der Waals surface area contributed by atoms with Crippen LogP contribution >= 0.6 is 0 Å². The summed E-state index contributed by atoms with van der Waals surface area (Å²) in [5.74, 6) is 1.11. The normalized spacial score (nSPS) is 15.5. The molecule has 0 bridgehead atoms. The Morgan fingerprint density at radius 2 is 1.23 bits per heavy atom. The highest BCUT2D eigenvalue weighted by molar-refractivity contribution is 6.03. The first kappa shape index (κ1) is 30.0. The van der Waals surface area contributed by atoms with Crippen molar-refractivity contribution in [2.45, 2.75) is 12.5 Å². The number of anilines is 1. The van der Waals surface area contributed by atoms with E-state index in [0.29, 0.717) is 17.1 Å². The van der Waals surface area contributed by atoms with Gasteiger partial charge in [0.25, 0.3) is 0 Å². The lowest BCUT2D eigenvalue weighted by Crippen LogP contribution is -2.18. The van der Waals surface area contributed by atoms with Gasteiger partial charge in [0.2, 0.25) is 0 Å². The molecule has 2 heterocycles. The van der Waals surface area contributed by atoms with E-state index in [0.717, 1.165) is 34.5 Å². The second-order valence-corrected chi connectivity index (χ2v) is 11.5. The summed E-state index contributed by atoms with van der Waals surface area (Å²) in [4.78, 5) is 0. The summed E-state index contributed by atoms with van der Waals surface area (Å²) in [5, 5.41) is 26.3. The van der Waals surface area contributed by atoms with Crippen LogP contribution in [0.1, 0.15) is 34.7 Å². The first-order valence-electron chi connectivity index (χ1n) is 15.8. The molecule has 0 fully saturated rings. The average Bonchev–Trinajstić information content (AvgIpc) is 3.62.